The minimum absolute atomic E-state index is 0.0261. The molecule has 0 aliphatic rings. The van der Waals surface area contributed by atoms with Crippen LogP contribution in [0.2, 0.25) is 5.02 Å². The van der Waals surface area contributed by atoms with E-state index in [1.165, 1.54) is 21.3 Å². The summed E-state index contributed by atoms with van der Waals surface area (Å²) in [6.45, 7) is 7.45. The fourth-order valence-corrected chi connectivity index (χ4v) is 5.12. The SMILES string of the molecule is CC[C@H](C(=O)NC(C)C)N(Cc1ccc(F)cc1)C(=O)CCCN(c1cccc(Cl)c1C)S(C)(=O)=O. The summed E-state index contributed by atoms with van der Waals surface area (Å²) < 4.78 is 39.7. The standard InChI is InChI=1S/C26H35ClFN3O4S/c1-6-23(26(33)29-18(2)3)30(17-20-12-14-21(28)15-13-20)25(32)11-8-16-31(36(5,34)35)24-10-7-9-22(27)19(24)4/h7,9-10,12-15,18,23H,6,8,11,16-17H2,1-5H3,(H,29,33)/t23-/m1/s1. The van der Waals surface area contributed by atoms with Gasteiger partial charge in [-0.1, -0.05) is 36.7 Å². The van der Waals surface area contributed by atoms with Gasteiger partial charge in [-0.25, -0.2) is 12.8 Å². The maximum Gasteiger partial charge on any atom is 0.243 e. The quantitative estimate of drug-likeness (QED) is 0.425. The fourth-order valence-electron chi connectivity index (χ4n) is 3.94. The molecule has 198 valence electrons. The van der Waals surface area contributed by atoms with E-state index in [0.717, 1.165) is 6.26 Å². The Morgan fingerprint density at radius 1 is 1.11 bits per heavy atom. The summed E-state index contributed by atoms with van der Waals surface area (Å²) in [5, 5.41) is 3.31. The maximum absolute atomic E-state index is 13.4. The Morgan fingerprint density at radius 3 is 2.31 bits per heavy atom. The molecule has 0 heterocycles. The number of benzene rings is 2. The van der Waals surface area contributed by atoms with Gasteiger partial charge in [-0.3, -0.25) is 13.9 Å². The van der Waals surface area contributed by atoms with E-state index in [4.69, 9.17) is 11.6 Å². The van der Waals surface area contributed by atoms with Crippen LogP contribution in [0.25, 0.3) is 0 Å². The number of carbonyl (C=O) groups is 2. The predicted molar refractivity (Wildman–Crippen MR) is 142 cm³/mol. The van der Waals surface area contributed by atoms with E-state index >= 15 is 0 Å². The first-order chi connectivity index (χ1) is 16.8. The Bertz CT molecular complexity index is 1160. The molecule has 10 heteroatoms. The first-order valence-corrected chi connectivity index (χ1v) is 14.1. The summed E-state index contributed by atoms with van der Waals surface area (Å²) in [5.41, 5.74) is 1.78. The number of hydrogen-bond donors (Lipinski definition) is 1. The lowest BCUT2D eigenvalue weighted by Crippen LogP contribution is -2.50. The number of nitrogens with zero attached hydrogens (tertiary/aromatic N) is 2. The highest BCUT2D eigenvalue weighted by molar-refractivity contribution is 7.92. The number of halogens is 2. The van der Waals surface area contributed by atoms with E-state index in [1.54, 1.807) is 37.3 Å². The third-order valence-corrected chi connectivity index (χ3v) is 7.33. The van der Waals surface area contributed by atoms with Crippen molar-refractivity contribution in [1.82, 2.24) is 10.2 Å². The Kier molecular flexibility index (Phi) is 10.7. The lowest BCUT2D eigenvalue weighted by molar-refractivity contribution is -0.141. The van der Waals surface area contributed by atoms with E-state index in [0.29, 0.717) is 28.3 Å². The van der Waals surface area contributed by atoms with Gasteiger partial charge in [-0.2, -0.15) is 0 Å². The highest BCUT2D eigenvalue weighted by atomic mass is 35.5. The molecule has 0 saturated carbocycles. The Labute approximate surface area is 218 Å². The van der Waals surface area contributed by atoms with Crippen molar-refractivity contribution in [3.63, 3.8) is 0 Å². The van der Waals surface area contributed by atoms with Crippen LogP contribution in [-0.2, 0) is 26.2 Å². The number of sulfonamides is 1. The van der Waals surface area contributed by atoms with Crippen LogP contribution in [-0.4, -0.2) is 50.0 Å². The number of anilines is 1. The maximum atomic E-state index is 13.4. The molecule has 0 unspecified atom stereocenters. The minimum Gasteiger partial charge on any atom is -0.352 e. The van der Waals surface area contributed by atoms with E-state index < -0.39 is 21.9 Å². The normalized spacial score (nSPS) is 12.3. The van der Waals surface area contributed by atoms with Crippen molar-refractivity contribution in [2.24, 2.45) is 0 Å². The van der Waals surface area contributed by atoms with Gasteiger partial charge in [0.15, 0.2) is 0 Å². The molecule has 0 aliphatic heterocycles. The lowest BCUT2D eigenvalue weighted by Gasteiger charge is -2.31. The molecular formula is C26H35ClFN3O4S. The number of amides is 2. The molecule has 0 bridgehead atoms. The van der Waals surface area contributed by atoms with Crippen molar-refractivity contribution in [3.8, 4) is 0 Å². The average molecular weight is 540 g/mol. The van der Waals surface area contributed by atoms with Gasteiger partial charge in [0, 0.05) is 30.6 Å². The van der Waals surface area contributed by atoms with Gasteiger partial charge in [0.05, 0.1) is 11.9 Å². The topological polar surface area (TPSA) is 86.8 Å². The van der Waals surface area contributed by atoms with Crippen LogP contribution in [0.4, 0.5) is 10.1 Å². The molecule has 0 aliphatic carbocycles. The van der Waals surface area contributed by atoms with Gasteiger partial charge in [0.2, 0.25) is 21.8 Å². The van der Waals surface area contributed by atoms with Crippen molar-refractivity contribution >= 4 is 39.1 Å². The minimum atomic E-state index is -3.63. The molecule has 0 saturated heterocycles. The summed E-state index contributed by atoms with van der Waals surface area (Å²) in [4.78, 5) is 27.7. The molecule has 7 nitrogen and oxygen atoms in total. The summed E-state index contributed by atoms with van der Waals surface area (Å²) in [5.74, 6) is -0.949. The average Bonchev–Trinajstić information content (AvgIpc) is 2.78. The Hall–Kier alpha value is -2.65. The van der Waals surface area contributed by atoms with E-state index in [1.807, 2.05) is 20.8 Å². The third kappa shape index (κ3) is 8.20. The van der Waals surface area contributed by atoms with Crippen LogP contribution in [0.3, 0.4) is 0 Å². The van der Waals surface area contributed by atoms with E-state index in [2.05, 4.69) is 5.32 Å². The molecule has 1 N–H and O–H groups in total. The molecule has 0 aromatic heterocycles. The Balaban J connectivity index is 2.24. The second-order valence-electron chi connectivity index (χ2n) is 9.06. The molecule has 2 aromatic carbocycles. The number of nitrogens with one attached hydrogen (secondary N) is 1. The first kappa shape index (κ1) is 29.6. The zero-order valence-electron chi connectivity index (χ0n) is 21.4. The highest BCUT2D eigenvalue weighted by Gasteiger charge is 2.29. The van der Waals surface area contributed by atoms with Gasteiger partial charge in [-0.05, 0) is 69.0 Å². The largest absolute Gasteiger partial charge is 0.352 e. The molecule has 0 radical (unpaired) electrons. The van der Waals surface area contributed by atoms with Crippen LogP contribution in [0.1, 0.15) is 51.2 Å². The lowest BCUT2D eigenvalue weighted by atomic mass is 10.1. The van der Waals surface area contributed by atoms with Gasteiger partial charge >= 0.3 is 0 Å². The van der Waals surface area contributed by atoms with Crippen molar-refractivity contribution in [2.75, 3.05) is 17.1 Å². The number of carbonyl (C=O) groups excluding carboxylic acids is 2. The highest BCUT2D eigenvalue weighted by Crippen LogP contribution is 2.28. The summed E-state index contributed by atoms with van der Waals surface area (Å²) >= 11 is 6.19. The molecule has 2 amide bonds. The molecule has 0 spiro atoms. The zero-order valence-corrected chi connectivity index (χ0v) is 23.0. The van der Waals surface area contributed by atoms with Crippen molar-refractivity contribution in [3.05, 3.63) is 64.4 Å². The van der Waals surface area contributed by atoms with Crippen LogP contribution in [0.15, 0.2) is 42.5 Å². The first-order valence-electron chi connectivity index (χ1n) is 11.9. The molecule has 0 fully saturated rings. The smallest absolute Gasteiger partial charge is 0.243 e. The molecular weight excluding hydrogens is 505 g/mol. The molecule has 2 aromatic rings. The zero-order chi connectivity index (χ0) is 27.0. The third-order valence-electron chi connectivity index (χ3n) is 5.74. The van der Waals surface area contributed by atoms with Gasteiger partial charge in [0.25, 0.3) is 0 Å². The summed E-state index contributed by atoms with van der Waals surface area (Å²) in [7, 11) is -3.63. The Morgan fingerprint density at radius 2 is 1.75 bits per heavy atom. The molecule has 2 rings (SSSR count). The van der Waals surface area contributed by atoms with Crippen molar-refractivity contribution < 1.29 is 22.4 Å². The van der Waals surface area contributed by atoms with Crippen molar-refractivity contribution in [1.29, 1.82) is 0 Å². The van der Waals surface area contributed by atoms with Gasteiger partial charge in [-0.15, -0.1) is 0 Å². The second-order valence-corrected chi connectivity index (χ2v) is 11.4. The van der Waals surface area contributed by atoms with Crippen molar-refractivity contribution in [2.45, 2.75) is 65.6 Å². The predicted octanol–water partition coefficient (Wildman–Crippen LogP) is 4.67. The molecule has 1 atom stereocenters. The van der Waals surface area contributed by atoms with E-state index in [-0.39, 0.29) is 43.8 Å². The summed E-state index contributed by atoms with van der Waals surface area (Å²) in [6.07, 6.45) is 1.76. The molecule has 36 heavy (non-hydrogen) atoms. The van der Waals surface area contributed by atoms with Gasteiger partial charge in [0.1, 0.15) is 11.9 Å². The van der Waals surface area contributed by atoms with Crippen LogP contribution < -0.4 is 9.62 Å². The van der Waals surface area contributed by atoms with Crippen LogP contribution >= 0.6 is 11.6 Å². The van der Waals surface area contributed by atoms with E-state index in [9.17, 15) is 22.4 Å². The van der Waals surface area contributed by atoms with Crippen LogP contribution in [0, 0.1) is 12.7 Å². The fraction of sp³-hybridized carbons (Fsp3) is 0.462. The second kappa shape index (κ2) is 13.1. The monoisotopic (exact) mass is 539 g/mol. The number of rotatable bonds is 12. The van der Waals surface area contributed by atoms with Crippen LogP contribution in [0.5, 0.6) is 0 Å². The van der Waals surface area contributed by atoms with Gasteiger partial charge < -0.3 is 10.2 Å². The summed E-state index contributed by atoms with van der Waals surface area (Å²) in [6, 6.07) is 10.0. The number of hydrogen-bond acceptors (Lipinski definition) is 4.